The molecule has 3 heterocycles. The van der Waals surface area contributed by atoms with Gasteiger partial charge in [-0.1, -0.05) is 11.2 Å². The zero-order valence-electron chi connectivity index (χ0n) is 27.0. The number of carboxylic acid groups (broad SMARTS) is 1. The van der Waals surface area contributed by atoms with Crippen LogP contribution in [-0.4, -0.2) is 119 Å². The van der Waals surface area contributed by atoms with Gasteiger partial charge in [0.1, 0.15) is 18.2 Å². The lowest BCUT2D eigenvalue weighted by atomic mass is 9.96. The number of rotatable bonds is 26. The topological polar surface area (TPSA) is 173 Å². The molecule has 0 bridgehead atoms. The molecule has 0 aromatic carbocycles. The van der Waals surface area contributed by atoms with Crippen LogP contribution < -0.4 is 10.1 Å². The predicted molar refractivity (Wildman–Crippen MR) is 173 cm³/mol. The van der Waals surface area contributed by atoms with E-state index in [-0.39, 0.29) is 12.3 Å². The third kappa shape index (κ3) is 15.7. The standard InChI is InChI=1S/C32H49N7O7/c1-39(11-3-2-6-29-8-7-26-5-4-9-35-32(26)37-29)25-28(22-31(40)41)27-21-30(24-34-23-27)46-20-19-45-18-17-44-16-15-43-14-13-42-12-10-36-38-33/h7-8,21,23-24,28H,2-6,9-20,22,25H2,1H3,(H,35,37)(H,40,41)/t28-/m1/s1. The normalized spacial score (nSPS) is 13.1. The highest BCUT2D eigenvalue weighted by Gasteiger charge is 2.19. The Bertz CT molecular complexity index is 1200. The lowest BCUT2D eigenvalue weighted by Gasteiger charge is -2.23. The molecular weight excluding hydrogens is 594 g/mol. The van der Waals surface area contributed by atoms with Gasteiger partial charge in [-0.3, -0.25) is 9.78 Å². The SMILES string of the molecule is CN(CCCCc1ccc2c(n1)NCCC2)C[C@@H](CC(=O)O)c1cncc(OCCOCCOCCOCCOCCN=[N+]=[N-])c1. The fourth-order valence-electron chi connectivity index (χ4n) is 5.03. The summed E-state index contributed by atoms with van der Waals surface area (Å²) < 4.78 is 27.5. The van der Waals surface area contributed by atoms with Crippen molar-refractivity contribution < 1.29 is 33.6 Å². The highest BCUT2D eigenvalue weighted by Crippen LogP contribution is 2.24. The summed E-state index contributed by atoms with van der Waals surface area (Å²) in [4.78, 5) is 25.6. The second-order valence-electron chi connectivity index (χ2n) is 11.1. The third-order valence-corrected chi connectivity index (χ3v) is 7.34. The van der Waals surface area contributed by atoms with E-state index >= 15 is 0 Å². The minimum Gasteiger partial charge on any atom is -0.490 e. The van der Waals surface area contributed by atoms with Gasteiger partial charge in [-0.15, -0.1) is 0 Å². The molecule has 0 saturated carbocycles. The maximum absolute atomic E-state index is 11.7. The Labute approximate surface area is 271 Å². The number of anilines is 1. The molecule has 0 unspecified atom stereocenters. The molecule has 1 aliphatic heterocycles. The molecule has 2 aromatic rings. The van der Waals surface area contributed by atoms with E-state index in [1.807, 2.05) is 13.1 Å². The van der Waals surface area contributed by atoms with E-state index in [4.69, 9.17) is 34.2 Å². The van der Waals surface area contributed by atoms with Gasteiger partial charge in [-0.25, -0.2) is 4.98 Å². The first-order chi connectivity index (χ1) is 22.5. The van der Waals surface area contributed by atoms with Crippen LogP contribution in [-0.2, 0) is 36.6 Å². The molecule has 14 heteroatoms. The van der Waals surface area contributed by atoms with Gasteiger partial charge in [0, 0.05) is 42.4 Å². The molecule has 0 radical (unpaired) electrons. The number of azide groups is 1. The Balaban J connectivity index is 1.27. The molecule has 0 amide bonds. The number of nitrogens with zero attached hydrogens (tertiary/aromatic N) is 6. The van der Waals surface area contributed by atoms with Gasteiger partial charge in [0.2, 0.25) is 0 Å². The van der Waals surface area contributed by atoms with Gasteiger partial charge >= 0.3 is 5.97 Å². The van der Waals surface area contributed by atoms with Crippen LogP contribution >= 0.6 is 0 Å². The van der Waals surface area contributed by atoms with Crippen LogP contribution in [0.15, 0.2) is 35.7 Å². The summed E-state index contributed by atoms with van der Waals surface area (Å²) in [5.74, 6) is 0.572. The number of aromatic nitrogens is 2. The van der Waals surface area contributed by atoms with E-state index < -0.39 is 5.97 Å². The molecule has 3 rings (SSSR count). The van der Waals surface area contributed by atoms with Gasteiger partial charge in [0.15, 0.2) is 0 Å². The molecule has 254 valence electrons. The second-order valence-corrected chi connectivity index (χ2v) is 11.1. The smallest absolute Gasteiger partial charge is 0.304 e. The summed E-state index contributed by atoms with van der Waals surface area (Å²) in [5, 5.41) is 16.4. The Hall–Kier alpha value is -3.52. The number of unbranched alkanes of at least 4 members (excludes halogenated alkanes) is 1. The summed E-state index contributed by atoms with van der Waals surface area (Å²) in [6, 6.07) is 6.21. The fourth-order valence-corrected chi connectivity index (χ4v) is 5.03. The van der Waals surface area contributed by atoms with Crippen LogP contribution in [0.2, 0.25) is 0 Å². The maximum atomic E-state index is 11.7. The van der Waals surface area contributed by atoms with Crippen LogP contribution in [0.5, 0.6) is 5.75 Å². The zero-order chi connectivity index (χ0) is 32.7. The Kier molecular flexibility index (Phi) is 18.4. The molecular formula is C32H49N7O7. The van der Waals surface area contributed by atoms with Crippen molar-refractivity contribution in [3.8, 4) is 5.75 Å². The van der Waals surface area contributed by atoms with Crippen molar-refractivity contribution in [2.45, 2.75) is 44.4 Å². The molecule has 2 aromatic heterocycles. The number of ether oxygens (including phenoxy) is 5. The van der Waals surface area contributed by atoms with Gasteiger partial charge in [-0.05, 0) is 74.5 Å². The third-order valence-electron chi connectivity index (χ3n) is 7.34. The van der Waals surface area contributed by atoms with Crippen molar-refractivity contribution in [2.75, 3.05) is 98.0 Å². The van der Waals surface area contributed by atoms with Crippen LogP contribution in [0.4, 0.5) is 5.82 Å². The first-order valence-corrected chi connectivity index (χ1v) is 16.1. The molecule has 0 spiro atoms. The zero-order valence-corrected chi connectivity index (χ0v) is 27.0. The molecule has 1 atom stereocenters. The monoisotopic (exact) mass is 643 g/mol. The Morgan fingerprint density at radius 1 is 1.04 bits per heavy atom. The number of carbonyl (C=O) groups is 1. The summed E-state index contributed by atoms with van der Waals surface area (Å²) in [7, 11) is 2.03. The lowest BCUT2D eigenvalue weighted by Crippen LogP contribution is -2.27. The number of carboxylic acids is 1. The predicted octanol–water partition coefficient (Wildman–Crippen LogP) is 4.10. The number of nitrogens with one attached hydrogen (secondary N) is 1. The number of pyridine rings is 2. The Morgan fingerprint density at radius 2 is 1.76 bits per heavy atom. The number of hydrogen-bond donors (Lipinski definition) is 2. The van der Waals surface area contributed by atoms with Crippen molar-refractivity contribution in [3.63, 3.8) is 0 Å². The van der Waals surface area contributed by atoms with E-state index in [1.165, 1.54) is 5.56 Å². The minimum absolute atomic E-state index is 0.0162. The molecule has 1 aliphatic rings. The number of aliphatic carboxylic acids is 1. The van der Waals surface area contributed by atoms with Gasteiger partial charge in [0.25, 0.3) is 0 Å². The maximum Gasteiger partial charge on any atom is 0.304 e. The summed E-state index contributed by atoms with van der Waals surface area (Å²) in [5.41, 5.74) is 11.4. The lowest BCUT2D eigenvalue weighted by molar-refractivity contribution is -0.137. The van der Waals surface area contributed by atoms with E-state index in [0.29, 0.717) is 78.3 Å². The highest BCUT2D eigenvalue weighted by atomic mass is 16.6. The number of aryl methyl sites for hydroxylation is 2. The first kappa shape index (κ1) is 36.9. The van der Waals surface area contributed by atoms with E-state index in [2.05, 4.69) is 37.4 Å². The van der Waals surface area contributed by atoms with Crippen molar-refractivity contribution in [2.24, 2.45) is 5.11 Å². The fraction of sp³-hybridized carbons (Fsp3) is 0.656. The van der Waals surface area contributed by atoms with E-state index in [1.54, 1.807) is 12.4 Å². The van der Waals surface area contributed by atoms with Gasteiger partial charge in [-0.2, -0.15) is 0 Å². The molecule has 0 aliphatic carbocycles. The number of likely N-dealkylation sites (N-methyl/N-ethyl adjacent to an activating group) is 1. The van der Waals surface area contributed by atoms with E-state index in [0.717, 1.165) is 62.3 Å². The van der Waals surface area contributed by atoms with Crippen molar-refractivity contribution >= 4 is 11.8 Å². The van der Waals surface area contributed by atoms with Crippen molar-refractivity contribution in [1.29, 1.82) is 0 Å². The Morgan fingerprint density at radius 3 is 2.48 bits per heavy atom. The summed E-state index contributed by atoms with van der Waals surface area (Å²) >= 11 is 0. The van der Waals surface area contributed by atoms with Crippen molar-refractivity contribution in [3.05, 3.63) is 57.9 Å². The van der Waals surface area contributed by atoms with Crippen LogP contribution in [0.3, 0.4) is 0 Å². The average Bonchev–Trinajstić information content (AvgIpc) is 3.06. The molecule has 2 N–H and O–H groups in total. The minimum atomic E-state index is -0.841. The number of hydrogen-bond acceptors (Lipinski definition) is 11. The summed E-state index contributed by atoms with van der Waals surface area (Å²) in [6.07, 6.45) is 8.56. The highest BCUT2D eigenvalue weighted by molar-refractivity contribution is 5.68. The average molecular weight is 644 g/mol. The molecule has 46 heavy (non-hydrogen) atoms. The summed E-state index contributed by atoms with van der Waals surface area (Å²) in [6.45, 7) is 6.55. The molecule has 0 fully saturated rings. The van der Waals surface area contributed by atoms with E-state index in [9.17, 15) is 9.90 Å². The largest absolute Gasteiger partial charge is 0.490 e. The van der Waals surface area contributed by atoms with Crippen LogP contribution in [0.25, 0.3) is 10.4 Å². The van der Waals surface area contributed by atoms with Crippen LogP contribution in [0.1, 0.15) is 48.4 Å². The molecule has 0 saturated heterocycles. The quantitative estimate of drug-likeness (QED) is 0.0654. The first-order valence-electron chi connectivity index (χ1n) is 16.1. The second kappa shape index (κ2) is 22.9. The van der Waals surface area contributed by atoms with Crippen LogP contribution in [0, 0.1) is 0 Å². The molecule has 14 nitrogen and oxygen atoms in total. The van der Waals surface area contributed by atoms with Gasteiger partial charge < -0.3 is 39.0 Å². The number of fused-ring (bicyclic) bond motifs is 1. The van der Waals surface area contributed by atoms with Gasteiger partial charge in [0.05, 0.1) is 65.5 Å². The van der Waals surface area contributed by atoms with Crippen molar-refractivity contribution in [1.82, 2.24) is 14.9 Å².